The van der Waals surface area contributed by atoms with Crippen molar-refractivity contribution < 1.29 is 0 Å². The molecule has 5 heavy (non-hydrogen) atoms. The molecule has 1 radical (unpaired) electrons. The second-order valence-electron chi connectivity index (χ2n) is 0.619. The smallest absolute Gasteiger partial charge is 0.233 e. The van der Waals surface area contributed by atoms with Gasteiger partial charge in [0.15, 0.2) is 0 Å². The van der Waals surface area contributed by atoms with Crippen molar-refractivity contribution in [1.29, 1.82) is 0 Å². The van der Waals surface area contributed by atoms with E-state index in [2.05, 4.69) is 15.3 Å². The van der Waals surface area contributed by atoms with Crippen LogP contribution in [-0.2, 0) is 0 Å². The Labute approximate surface area is 30.1 Å². The summed E-state index contributed by atoms with van der Waals surface area (Å²) < 4.78 is 0. The lowest BCUT2D eigenvalue weighted by molar-refractivity contribution is 1.14. The van der Waals surface area contributed by atoms with Gasteiger partial charge in [-0.2, -0.15) is 5.10 Å². The lowest BCUT2D eigenvalue weighted by Crippen LogP contribution is -1.74. The van der Waals surface area contributed by atoms with E-state index in [0.717, 1.165) is 0 Å². The molecule has 1 aliphatic heterocycles. The summed E-state index contributed by atoms with van der Waals surface area (Å²) in [5.41, 5.74) is 0. The average molecular weight is 65.9 g/mol. The monoisotopic (exact) mass is 66.0 g/mol. The van der Waals surface area contributed by atoms with Gasteiger partial charge < -0.3 is 0 Å². The summed E-state index contributed by atoms with van der Waals surface area (Å²) in [5, 5.41) is 9.94. The van der Waals surface area contributed by atoms with Gasteiger partial charge in [0.2, 0.25) is 0 Å². The molecule has 0 fully saturated rings. The quantitative estimate of drug-likeness (QED) is 0.357. The van der Waals surface area contributed by atoms with Gasteiger partial charge in [0.05, 0.1) is 0 Å². The Morgan fingerprint density at radius 3 is 2.80 bits per heavy atom. The first-order valence-electron chi connectivity index (χ1n) is 1.25. The van der Waals surface area contributed by atoms with Crippen molar-refractivity contribution in [2.75, 3.05) is 0 Å². The summed E-state index contributed by atoms with van der Waals surface area (Å²) in [4.78, 5) is 0. The normalized spacial score (nSPS) is 16.0. The Morgan fingerprint density at radius 2 is 2.60 bits per heavy atom. The van der Waals surface area contributed by atoms with Gasteiger partial charge in [-0.25, -0.2) is 5.03 Å². The highest BCUT2D eigenvalue weighted by Gasteiger charge is 1.82. The molecule has 0 atom stereocenters. The van der Waals surface area contributed by atoms with Crippen LogP contribution in [0.15, 0.2) is 15.3 Å². The van der Waals surface area contributed by atoms with E-state index < -0.39 is 0 Å². The van der Waals surface area contributed by atoms with E-state index in [4.69, 9.17) is 0 Å². The van der Waals surface area contributed by atoms with Crippen LogP contribution in [0.2, 0.25) is 0 Å². The maximum atomic E-state index is 3.36. The maximum Gasteiger partial charge on any atom is 0.359 e. The van der Waals surface area contributed by atoms with E-state index in [1.165, 1.54) is 13.5 Å². The Hall–Kier alpha value is -0.665. The fourth-order valence-corrected chi connectivity index (χ4v) is 0.149. The first-order chi connectivity index (χ1) is 2.50. The molecule has 0 saturated heterocycles. The Balaban J connectivity index is 2.61. The summed E-state index contributed by atoms with van der Waals surface area (Å²) in [6.45, 7) is 0. The predicted molar refractivity (Wildman–Crippen MR) is 19.1 cm³/mol. The van der Waals surface area contributed by atoms with Crippen molar-refractivity contribution in [2.45, 2.75) is 0 Å². The number of nitrogens with zero attached hydrogens (tertiary/aromatic N) is 3. The van der Waals surface area contributed by atoms with Gasteiger partial charge in [0.1, 0.15) is 0 Å². The zero-order valence-corrected chi connectivity index (χ0v) is 2.50. The fraction of sp³-hybridized carbons (Fsp3) is 0. The molecular formula is CHBN3. The molecule has 0 aliphatic carbocycles. The Morgan fingerprint density at radius 1 is 1.60 bits per heavy atom. The molecule has 0 aromatic carbocycles. The van der Waals surface area contributed by atoms with E-state index in [-0.39, 0.29) is 0 Å². The zero-order valence-electron chi connectivity index (χ0n) is 2.50. The molecule has 0 spiro atoms. The van der Waals surface area contributed by atoms with Gasteiger partial charge in [-0.05, 0) is 0 Å². The minimum Gasteiger partial charge on any atom is -0.233 e. The SMILES string of the molecule is [B]1C=NN=N1. The highest BCUT2D eigenvalue weighted by atomic mass is 15.4. The van der Waals surface area contributed by atoms with Crippen molar-refractivity contribution in [3.05, 3.63) is 0 Å². The molecule has 4 heteroatoms. The van der Waals surface area contributed by atoms with Crippen molar-refractivity contribution in [2.24, 2.45) is 15.3 Å². The molecule has 0 unspecified atom stereocenters. The first-order valence-corrected chi connectivity index (χ1v) is 1.25. The van der Waals surface area contributed by atoms with Crippen LogP contribution in [0.5, 0.6) is 0 Å². The van der Waals surface area contributed by atoms with Gasteiger partial charge in [-0.15, -0.1) is 0 Å². The highest BCUT2D eigenvalue weighted by Crippen LogP contribution is 1.77. The minimum atomic E-state index is 1.53. The van der Waals surface area contributed by atoms with Crippen molar-refractivity contribution in [1.82, 2.24) is 0 Å². The molecular weight excluding hydrogens is 64.8 g/mol. The van der Waals surface area contributed by atoms with Crippen LogP contribution < -0.4 is 0 Å². The van der Waals surface area contributed by atoms with Gasteiger partial charge in [0.25, 0.3) is 0 Å². The minimum absolute atomic E-state index is 1.53. The lowest BCUT2D eigenvalue weighted by atomic mass is 10.0. The summed E-state index contributed by atoms with van der Waals surface area (Å²) in [6, 6.07) is 0. The Bertz CT molecular complexity index is 65.0. The topological polar surface area (TPSA) is 37.1 Å². The van der Waals surface area contributed by atoms with E-state index in [1.807, 2.05) is 0 Å². The molecule has 0 N–H and O–H groups in total. The lowest BCUT2D eigenvalue weighted by Gasteiger charge is -1.50. The molecule has 0 amide bonds. The summed E-state index contributed by atoms with van der Waals surface area (Å²) in [7, 11) is 1.53. The zero-order chi connectivity index (χ0) is 3.54. The van der Waals surface area contributed by atoms with Gasteiger partial charge >= 0.3 is 7.41 Å². The van der Waals surface area contributed by atoms with Gasteiger partial charge in [0, 0.05) is 6.11 Å². The molecule has 1 rings (SSSR count). The third-order valence-electron chi connectivity index (χ3n) is 0.303. The second-order valence-corrected chi connectivity index (χ2v) is 0.619. The maximum absolute atomic E-state index is 3.36. The van der Waals surface area contributed by atoms with Crippen LogP contribution in [0.4, 0.5) is 0 Å². The molecule has 0 bridgehead atoms. The molecule has 0 aromatic rings. The Kier molecular flexibility index (Phi) is 0.496. The van der Waals surface area contributed by atoms with Crippen LogP contribution in [-0.4, -0.2) is 13.5 Å². The number of hydrogen-bond donors (Lipinski definition) is 0. The van der Waals surface area contributed by atoms with Crippen LogP contribution in [0.25, 0.3) is 0 Å². The molecule has 0 aromatic heterocycles. The largest absolute Gasteiger partial charge is 0.359 e. The third-order valence-corrected chi connectivity index (χ3v) is 0.303. The third kappa shape index (κ3) is 0.316. The summed E-state index contributed by atoms with van der Waals surface area (Å²) >= 11 is 0. The number of rotatable bonds is 0. The molecule has 23 valence electrons. The molecule has 0 saturated carbocycles. The van der Waals surface area contributed by atoms with Crippen LogP contribution in [0.3, 0.4) is 0 Å². The second kappa shape index (κ2) is 0.968. The van der Waals surface area contributed by atoms with Gasteiger partial charge in [-0.3, -0.25) is 0 Å². The fourth-order valence-electron chi connectivity index (χ4n) is 0.149. The van der Waals surface area contributed by atoms with Crippen LogP contribution >= 0.6 is 0 Å². The van der Waals surface area contributed by atoms with Crippen molar-refractivity contribution >= 4 is 13.5 Å². The van der Waals surface area contributed by atoms with Gasteiger partial charge in [-0.1, -0.05) is 5.22 Å². The summed E-state index contributed by atoms with van der Waals surface area (Å²) in [6.07, 6.45) is 1.53. The van der Waals surface area contributed by atoms with Crippen molar-refractivity contribution in [3.8, 4) is 0 Å². The van der Waals surface area contributed by atoms with Crippen molar-refractivity contribution in [3.63, 3.8) is 0 Å². The van der Waals surface area contributed by atoms with E-state index in [0.29, 0.717) is 0 Å². The van der Waals surface area contributed by atoms with E-state index in [9.17, 15) is 0 Å². The van der Waals surface area contributed by atoms with E-state index >= 15 is 0 Å². The van der Waals surface area contributed by atoms with Crippen LogP contribution in [0.1, 0.15) is 0 Å². The summed E-state index contributed by atoms with van der Waals surface area (Å²) in [5.74, 6) is 0. The molecule has 1 aliphatic rings. The standard InChI is InChI=1S/CHBN3/c1-2-4-5-3-1/h1H. The predicted octanol–water partition coefficient (Wildman–Crippen LogP) is 0.0147. The average Bonchev–Trinajstić information content (AvgIpc) is 1.76. The number of hydrogen-bond acceptors (Lipinski definition) is 3. The molecule has 1 heterocycles. The highest BCUT2D eigenvalue weighted by molar-refractivity contribution is 6.66. The first kappa shape index (κ1) is 2.57. The van der Waals surface area contributed by atoms with Crippen LogP contribution in [0, 0.1) is 0 Å². The van der Waals surface area contributed by atoms with E-state index in [1.54, 1.807) is 0 Å². The molecule has 3 nitrogen and oxygen atoms in total.